The highest BCUT2D eigenvalue weighted by Crippen LogP contribution is 2.01. The van der Waals surface area contributed by atoms with Crippen LogP contribution in [0.4, 0.5) is 0 Å². The third kappa shape index (κ3) is 3.69. The lowest BCUT2D eigenvalue weighted by molar-refractivity contribution is -0.142. The number of methoxy groups -OCH3 is 1. The summed E-state index contributed by atoms with van der Waals surface area (Å²) in [4.78, 5) is 56.8. The molecule has 2 rings (SSSR count). The number of rotatable bonds is 5. The maximum atomic E-state index is 12.0. The van der Waals surface area contributed by atoms with Crippen LogP contribution in [-0.2, 0) is 16.0 Å². The van der Waals surface area contributed by atoms with E-state index in [1.165, 1.54) is 19.6 Å². The van der Waals surface area contributed by atoms with Crippen molar-refractivity contribution >= 4 is 11.9 Å². The molecule has 10 nitrogen and oxygen atoms in total. The molecule has 0 saturated heterocycles. The molecule has 22 heavy (non-hydrogen) atoms. The number of aromatic nitrogens is 4. The molecule has 1 atom stereocenters. The molecule has 0 radical (unpaired) electrons. The number of hydrogen-bond donors (Lipinski definition) is 4. The molecule has 0 aliphatic heterocycles. The van der Waals surface area contributed by atoms with Crippen LogP contribution in [0.1, 0.15) is 16.2 Å². The van der Waals surface area contributed by atoms with Gasteiger partial charge in [0, 0.05) is 24.4 Å². The highest BCUT2D eigenvalue weighted by molar-refractivity contribution is 5.95. The second-order valence-corrected chi connectivity index (χ2v) is 4.33. The zero-order chi connectivity index (χ0) is 16.1. The molecule has 0 spiro atoms. The van der Waals surface area contributed by atoms with Crippen molar-refractivity contribution in [3.05, 3.63) is 50.8 Å². The largest absolute Gasteiger partial charge is 0.467 e. The first kappa shape index (κ1) is 15.2. The molecule has 0 aliphatic rings. The predicted octanol–water partition coefficient (Wildman–Crippen LogP) is -1.70. The van der Waals surface area contributed by atoms with Gasteiger partial charge >= 0.3 is 11.7 Å². The quantitative estimate of drug-likeness (QED) is 0.484. The summed E-state index contributed by atoms with van der Waals surface area (Å²) in [6.07, 6.45) is 3.04. The molecule has 116 valence electrons. The number of ether oxygens (including phenoxy) is 1. The maximum Gasteiger partial charge on any atom is 0.328 e. The van der Waals surface area contributed by atoms with Crippen LogP contribution in [0.25, 0.3) is 0 Å². The van der Waals surface area contributed by atoms with Gasteiger partial charge in [-0.25, -0.2) is 14.6 Å². The Morgan fingerprint density at radius 2 is 2.14 bits per heavy atom. The van der Waals surface area contributed by atoms with Gasteiger partial charge in [-0.2, -0.15) is 0 Å². The zero-order valence-corrected chi connectivity index (χ0v) is 11.5. The van der Waals surface area contributed by atoms with Crippen molar-refractivity contribution in [1.29, 1.82) is 0 Å². The maximum absolute atomic E-state index is 12.0. The van der Waals surface area contributed by atoms with Crippen molar-refractivity contribution in [2.45, 2.75) is 12.5 Å². The number of H-pyrrole nitrogens is 3. The van der Waals surface area contributed by atoms with Crippen LogP contribution >= 0.6 is 0 Å². The number of amides is 1. The zero-order valence-electron chi connectivity index (χ0n) is 11.5. The lowest BCUT2D eigenvalue weighted by atomic mass is 10.1. The van der Waals surface area contributed by atoms with Crippen LogP contribution in [0.5, 0.6) is 0 Å². The van der Waals surface area contributed by atoms with E-state index in [-0.39, 0.29) is 12.1 Å². The van der Waals surface area contributed by atoms with Gasteiger partial charge in [-0.3, -0.25) is 14.6 Å². The molecule has 4 N–H and O–H groups in total. The Kier molecular flexibility index (Phi) is 4.51. The summed E-state index contributed by atoms with van der Waals surface area (Å²) >= 11 is 0. The molecular formula is C12H13N5O5. The van der Waals surface area contributed by atoms with Gasteiger partial charge in [0.15, 0.2) is 0 Å². The standard InChI is InChI=1S/C12H13N5O5/c1-22-11(20)8(2-6-4-13-5-14-6)15-10(19)7-3-9(18)17-12(21)16-7/h3-5,8H,2H2,1H3,(H,13,14)(H,15,19)(H2,16,17,18,21)/t8-/m0/s1. The Morgan fingerprint density at radius 1 is 1.36 bits per heavy atom. The summed E-state index contributed by atoms with van der Waals surface area (Å²) in [6.45, 7) is 0. The minimum absolute atomic E-state index is 0.117. The monoisotopic (exact) mass is 307 g/mol. The Balaban J connectivity index is 2.18. The molecule has 0 saturated carbocycles. The molecule has 2 aromatic rings. The first-order chi connectivity index (χ1) is 10.5. The highest BCUT2D eigenvalue weighted by atomic mass is 16.5. The van der Waals surface area contributed by atoms with E-state index in [0.717, 1.165) is 6.07 Å². The number of carbonyl (C=O) groups excluding carboxylic acids is 2. The summed E-state index contributed by atoms with van der Waals surface area (Å²) in [5, 5.41) is 2.39. The van der Waals surface area contributed by atoms with E-state index in [0.29, 0.717) is 5.69 Å². The summed E-state index contributed by atoms with van der Waals surface area (Å²) in [5.41, 5.74) is -1.19. The van der Waals surface area contributed by atoms with Crippen LogP contribution < -0.4 is 16.6 Å². The number of esters is 1. The first-order valence-corrected chi connectivity index (χ1v) is 6.19. The van der Waals surface area contributed by atoms with Crippen molar-refractivity contribution in [3.63, 3.8) is 0 Å². The minimum Gasteiger partial charge on any atom is -0.467 e. The number of carbonyl (C=O) groups is 2. The summed E-state index contributed by atoms with van der Waals surface area (Å²) < 4.78 is 4.62. The Labute approximate surface area is 122 Å². The molecule has 2 heterocycles. The normalized spacial score (nSPS) is 11.7. The van der Waals surface area contributed by atoms with E-state index in [1.807, 2.05) is 4.98 Å². The summed E-state index contributed by atoms with van der Waals surface area (Å²) in [6, 6.07) is -0.0814. The van der Waals surface area contributed by atoms with Gasteiger partial charge in [0.05, 0.1) is 13.4 Å². The van der Waals surface area contributed by atoms with Gasteiger partial charge in [0.1, 0.15) is 11.7 Å². The first-order valence-electron chi connectivity index (χ1n) is 6.19. The molecule has 0 aromatic carbocycles. The van der Waals surface area contributed by atoms with Gasteiger partial charge in [0.2, 0.25) is 0 Å². The summed E-state index contributed by atoms with van der Waals surface area (Å²) in [5.74, 6) is -1.45. The van der Waals surface area contributed by atoms with Crippen LogP contribution in [-0.4, -0.2) is 45.0 Å². The lowest BCUT2D eigenvalue weighted by Crippen LogP contribution is -2.44. The van der Waals surface area contributed by atoms with Gasteiger partial charge in [-0.1, -0.05) is 0 Å². The van der Waals surface area contributed by atoms with Gasteiger partial charge in [-0.05, 0) is 0 Å². The number of hydrogen-bond acceptors (Lipinski definition) is 6. The molecule has 0 aliphatic carbocycles. The Bertz CT molecular complexity index is 747. The second kappa shape index (κ2) is 6.52. The fourth-order valence-corrected chi connectivity index (χ4v) is 1.78. The third-order valence-electron chi connectivity index (χ3n) is 2.77. The van der Waals surface area contributed by atoms with Crippen molar-refractivity contribution in [2.75, 3.05) is 7.11 Å². The molecular weight excluding hydrogens is 294 g/mol. The molecule has 0 bridgehead atoms. The number of nitrogens with one attached hydrogen (secondary N) is 4. The van der Waals surface area contributed by atoms with E-state index >= 15 is 0 Å². The van der Waals surface area contributed by atoms with Crippen LogP contribution in [0.3, 0.4) is 0 Å². The van der Waals surface area contributed by atoms with Gasteiger partial charge in [-0.15, -0.1) is 0 Å². The van der Waals surface area contributed by atoms with E-state index < -0.39 is 29.2 Å². The van der Waals surface area contributed by atoms with Crippen molar-refractivity contribution in [3.8, 4) is 0 Å². The SMILES string of the molecule is COC(=O)[C@H](Cc1cnc[nH]1)NC(=O)c1cc(=O)[nH]c(=O)[nH]1. The van der Waals surface area contributed by atoms with Crippen molar-refractivity contribution < 1.29 is 14.3 Å². The molecule has 10 heteroatoms. The van der Waals surface area contributed by atoms with Crippen LogP contribution in [0, 0.1) is 0 Å². The summed E-state index contributed by atoms with van der Waals surface area (Å²) in [7, 11) is 1.18. The fourth-order valence-electron chi connectivity index (χ4n) is 1.78. The predicted molar refractivity (Wildman–Crippen MR) is 73.2 cm³/mol. The van der Waals surface area contributed by atoms with Gasteiger partial charge in [0.25, 0.3) is 11.5 Å². The van der Waals surface area contributed by atoms with Crippen molar-refractivity contribution in [1.82, 2.24) is 25.3 Å². The number of imidazole rings is 1. The third-order valence-corrected chi connectivity index (χ3v) is 2.77. The minimum atomic E-state index is -0.999. The van der Waals surface area contributed by atoms with Gasteiger partial charge < -0.3 is 20.0 Å². The number of aromatic amines is 3. The molecule has 1 amide bonds. The van der Waals surface area contributed by atoms with Crippen LogP contribution in [0.2, 0.25) is 0 Å². The Hall–Kier alpha value is -3.17. The highest BCUT2D eigenvalue weighted by Gasteiger charge is 2.23. The van der Waals surface area contributed by atoms with E-state index in [2.05, 4.69) is 25.0 Å². The molecule has 2 aromatic heterocycles. The van der Waals surface area contributed by atoms with E-state index in [9.17, 15) is 19.2 Å². The smallest absolute Gasteiger partial charge is 0.328 e. The fraction of sp³-hybridized carbons (Fsp3) is 0.250. The number of nitrogens with zero attached hydrogens (tertiary/aromatic N) is 1. The average Bonchev–Trinajstić information content (AvgIpc) is 2.97. The second-order valence-electron chi connectivity index (χ2n) is 4.33. The van der Waals surface area contributed by atoms with Crippen molar-refractivity contribution in [2.24, 2.45) is 0 Å². The topological polar surface area (TPSA) is 150 Å². The molecule has 0 unspecified atom stereocenters. The average molecular weight is 307 g/mol. The Morgan fingerprint density at radius 3 is 2.73 bits per heavy atom. The van der Waals surface area contributed by atoms with E-state index in [1.54, 1.807) is 0 Å². The lowest BCUT2D eigenvalue weighted by Gasteiger charge is -2.15. The van der Waals surface area contributed by atoms with E-state index in [4.69, 9.17) is 0 Å². The molecule has 0 fully saturated rings. The van der Waals surface area contributed by atoms with Crippen LogP contribution in [0.15, 0.2) is 28.2 Å².